The average molecular weight is 496 g/mol. The maximum Gasteiger partial charge on any atom is 0.242 e. The van der Waals surface area contributed by atoms with E-state index in [1.54, 1.807) is 12.1 Å². The third-order valence-corrected chi connectivity index (χ3v) is 5.72. The molecule has 0 aliphatic heterocycles. The minimum atomic E-state index is -3.47. The summed E-state index contributed by atoms with van der Waals surface area (Å²) in [6.07, 6.45) is 4.76. The van der Waals surface area contributed by atoms with Crippen LogP contribution < -0.4 is 10.6 Å². The van der Waals surface area contributed by atoms with E-state index in [9.17, 15) is 8.42 Å². The van der Waals surface area contributed by atoms with E-state index in [2.05, 4.69) is 22.5 Å². The van der Waals surface area contributed by atoms with E-state index in [1.165, 1.54) is 37.7 Å². The number of halogens is 1. The summed E-state index contributed by atoms with van der Waals surface area (Å²) in [5.41, 5.74) is 0.694. The summed E-state index contributed by atoms with van der Waals surface area (Å²) in [5, 5.41) is 6.51. The molecule has 8 heteroatoms. The number of hydrogen-bond donors (Lipinski definition) is 2. The largest absolute Gasteiger partial charge is 0.357 e. The lowest BCUT2D eigenvalue weighted by molar-refractivity contribution is 0.519. The molecule has 0 aliphatic rings. The summed E-state index contributed by atoms with van der Waals surface area (Å²) in [5.74, 6) is 0.719. The van der Waals surface area contributed by atoms with E-state index in [4.69, 9.17) is 0 Å². The Labute approximate surface area is 175 Å². The highest BCUT2D eigenvalue weighted by atomic mass is 127. The second-order valence-corrected chi connectivity index (χ2v) is 8.20. The van der Waals surface area contributed by atoms with Crippen molar-refractivity contribution in [3.8, 4) is 0 Å². The van der Waals surface area contributed by atoms with Gasteiger partial charge in [0.2, 0.25) is 10.0 Å². The monoisotopic (exact) mass is 496 g/mol. The van der Waals surface area contributed by atoms with Gasteiger partial charge in [0.25, 0.3) is 0 Å². The van der Waals surface area contributed by atoms with Crippen LogP contribution in [0.25, 0.3) is 0 Å². The SMILES string of the molecule is CCCCCCNC(=NCc1ccccc1S(=O)(=O)N(C)C)NCC.I. The molecule has 0 saturated carbocycles. The van der Waals surface area contributed by atoms with E-state index in [0.717, 1.165) is 25.5 Å². The van der Waals surface area contributed by atoms with Crippen LogP contribution in [0.5, 0.6) is 0 Å². The van der Waals surface area contributed by atoms with E-state index < -0.39 is 10.0 Å². The molecule has 1 rings (SSSR count). The predicted molar refractivity (Wildman–Crippen MR) is 120 cm³/mol. The highest BCUT2D eigenvalue weighted by molar-refractivity contribution is 14.0. The smallest absolute Gasteiger partial charge is 0.242 e. The summed E-state index contributed by atoms with van der Waals surface area (Å²) in [4.78, 5) is 4.85. The van der Waals surface area contributed by atoms with Crippen LogP contribution >= 0.6 is 24.0 Å². The first-order valence-electron chi connectivity index (χ1n) is 8.96. The highest BCUT2D eigenvalue weighted by Crippen LogP contribution is 2.19. The first kappa shape index (κ1) is 25.1. The maximum atomic E-state index is 12.4. The zero-order chi connectivity index (χ0) is 18.7. The molecule has 0 unspecified atom stereocenters. The summed E-state index contributed by atoms with van der Waals surface area (Å²) >= 11 is 0. The molecular weight excluding hydrogens is 463 g/mol. The quantitative estimate of drug-likeness (QED) is 0.226. The van der Waals surface area contributed by atoms with Crippen molar-refractivity contribution in [2.24, 2.45) is 4.99 Å². The Morgan fingerprint density at radius 1 is 1.08 bits per heavy atom. The van der Waals surface area contributed by atoms with Crippen molar-refractivity contribution in [1.29, 1.82) is 0 Å². The molecule has 150 valence electrons. The van der Waals surface area contributed by atoms with E-state index >= 15 is 0 Å². The van der Waals surface area contributed by atoms with Crippen LogP contribution in [0.15, 0.2) is 34.2 Å². The first-order chi connectivity index (χ1) is 11.9. The molecule has 0 aromatic heterocycles. The number of nitrogens with one attached hydrogen (secondary N) is 2. The fourth-order valence-corrected chi connectivity index (χ4v) is 3.46. The lowest BCUT2D eigenvalue weighted by Crippen LogP contribution is -2.37. The number of aliphatic imine (C=N–C) groups is 1. The number of rotatable bonds is 10. The molecule has 0 spiro atoms. The Balaban J connectivity index is 0.00000625. The van der Waals surface area contributed by atoms with Crippen LogP contribution in [0, 0.1) is 0 Å². The van der Waals surface area contributed by atoms with Crippen molar-refractivity contribution in [3.63, 3.8) is 0 Å². The summed E-state index contributed by atoms with van der Waals surface area (Å²) in [7, 11) is -0.394. The minimum Gasteiger partial charge on any atom is -0.357 e. The second-order valence-electron chi connectivity index (χ2n) is 6.08. The van der Waals surface area contributed by atoms with Crippen molar-refractivity contribution < 1.29 is 8.42 Å². The van der Waals surface area contributed by atoms with Crippen molar-refractivity contribution >= 4 is 40.0 Å². The van der Waals surface area contributed by atoms with E-state index in [-0.39, 0.29) is 24.0 Å². The number of sulfonamides is 1. The van der Waals surface area contributed by atoms with Gasteiger partial charge in [-0.05, 0) is 25.0 Å². The molecule has 26 heavy (non-hydrogen) atoms. The lowest BCUT2D eigenvalue weighted by atomic mass is 10.2. The van der Waals surface area contributed by atoms with Gasteiger partial charge in [-0.15, -0.1) is 24.0 Å². The van der Waals surface area contributed by atoms with Gasteiger partial charge in [0.05, 0.1) is 11.4 Å². The van der Waals surface area contributed by atoms with Crippen LogP contribution in [0.4, 0.5) is 0 Å². The second kappa shape index (κ2) is 13.3. The topological polar surface area (TPSA) is 73.8 Å². The van der Waals surface area contributed by atoms with Gasteiger partial charge in [0.1, 0.15) is 0 Å². The molecule has 0 aliphatic carbocycles. The van der Waals surface area contributed by atoms with Crippen LogP contribution in [-0.4, -0.2) is 45.9 Å². The van der Waals surface area contributed by atoms with Gasteiger partial charge in [-0.25, -0.2) is 17.7 Å². The van der Waals surface area contributed by atoms with Gasteiger partial charge >= 0.3 is 0 Å². The number of guanidine groups is 1. The molecule has 0 atom stereocenters. The third kappa shape index (κ3) is 8.22. The van der Waals surface area contributed by atoms with Gasteiger partial charge in [0.15, 0.2) is 5.96 Å². The van der Waals surface area contributed by atoms with Crippen molar-refractivity contribution in [1.82, 2.24) is 14.9 Å². The van der Waals surface area contributed by atoms with E-state index in [1.807, 2.05) is 19.1 Å². The van der Waals surface area contributed by atoms with Crippen molar-refractivity contribution in [2.75, 3.05) is 27.2 Å². The fourth-order valence-electron chi connectivity index (χ4n) is 2.35. The molecule has 0 heterocycles. The molecule has 1 aromatic rings. The van der Waals surface area contributed by atoms with Crippen LogP contribution in [-0.2, 0) is 16.6 Å². The molecule has 1 aromatic carbocycles. The van der Waals surface area contributed by atoms with Crippen molar-refractivity contribution in [3.05, 3.63) is 29.8 Å². The van der Waals surface area contributed by atoms with Crippen LogP contribution in [0.1, 0.15) is 45.1 Å². The maximum absolute atomic E-state index is 12.4. The van der Waals surface area contributed by atoms with Gasteiger partial charge in [-0.1, -0.05) is 44.4 Å². The third-order valence-electron chi connectivity index (χ3n) is 3.81. The zero-order valence-corrected chi connectivity index (χ0v) is 19.4. The molecule has 0 amide bonds. The molecule has 2 N–H and O–H groups in total. The minimum absolute atomic E-state index is 0. The predicted octanol–water partition coefficient (Wildman–Crippen LogP) is 3.19. The van der Waals surface area contributed by atoms with E-state index in [0.29, 0.717) is 17.0 Å². The Bertz CT molecular complexity index is 648. The van der Waals surface area contributed by atoms with Gasteiger partial charge in [0, 0.05) is 27.2 Å². The van der Waals surface area contributed by atoms with Gasteiger partial charge < -0.3 is 10.6 Å². The summed E-state index contributed by atoms with van der Waals surface area (Å²) in [6.45, 7) is 6.15. The Morgan fingerprint density at radius 3 is 2.38 bits per heavy atom. The molecule has 0 radical (unpaired) electrons. The standard InChI is InChI=1S/C18H32N4O2S.HI/c1-5-7-8-11-14-20-18(19-6-2)21-15-16-12-9-10-13-17(16)25(23,24)22(3)4;/h9-10,12-13H,5-8,11,14-15H2,1-4H3,(H2,19,20,21);1H. The average Bonchev–Trinajstić information content (AvgIpc) is 2.59. The number of unbranched alkanes of at least 4 members (excludes halogenated alkanes) is 3. The highest BCUT2D eigenvalue weighted by Gasteiger charge is 2.20. The lowest BCUT2D eigenvalue weighted by Gasteiger charge is -2.15. The first-order valence-corrected chi connectivity index (χ1v) is 10.4. The Hall–Kier alpha value is -0.870. The zero-order valence-electron chi connectivity index (χ0n) is 16.3. The summed E-state index contributed by atoms with van der Waals surface area (Å²) < 4.78 is 26.1. The number of nitrogens with zero attached hydrogens (tertiary/aromatic N) is 2. The van der Waals surface area contributed by atoms with Gasteiger partial charge in [-0.3, -0.25) is 0 Å². The molecule has 0 bridgehead atoms. The molecule has 6 nitrogen and oxygen atoms in total. The Kier molecular flexibility index (Phi) is 12.9. The Morgan fingerprint density at radius 2 is 1.77 bits per heavy atom. The van der Waals surface area contributed by atoms with Crippen LogP contribution in [0.2, 0.25) is 0 Å². The molecule has 0 saturated heterocycles. The van der Waals surface area contributed by atoms with Crippen LogP contribution in [0.3, 0.4) is 0 Å². The number of benzene rings is 1. The number of hydrogen-bond acceptors (Lipinski definition) is 3. The van der Waals surface area contributed by atoms with Crippen molar-refractivity contribution in [2.45, 2.75) is 51.0 Å². The molecule has 0 fully saturated rings. The fraction of sp³-hybridized carbons (Fsp3) is 0.611. The van der Waals surface area contributed by atoms with Gasteiger partial charge in [-0.2, -0.15) is 0 Å². The normalized spacial score (nSPS) is 12.0. The summed E-state index contributed by atoms with van der Waals surface area (Å²) in [6, 6.07) is 7.02. The molecular formula is C18H33IN4O2S.